The van der Waals surface area contributed by atoms with Crippen LogP contribution >= 0.6 is 0 Å². The van der Waals surface area contributed by atoms with Crippen molar-refractivity contribution in [3.8, 4) is 0 Å². The minimum absolute atomic E-state index is 0.727. The fourth-order valence-corrected chi connectivity index (χ4v) is 2.53. The monoisotopic (exact) mass is 252 g/mol. The molecule has 0 unspecified atom stereocenters. The van der Waals surface area contributed by atoms with Gasteiger partial charge in [-0.2, -0.15) is 0 Å². The Balaban J connectivity index is 2.17. The van der Waals surface area contributed by atoms with E-state index in [1.807, 2.05) is 49.4 Å². The van der Waals surface area contributed by atoms with Crippen LogP contribution in [-0.4, -0.2) is 4.57 Å². The third-order valence-electron chi connectivity index (χ3n) is 3.44. The molecule has 0 saturated carbocycles. The van der Waals surface area contributed by atoms with Gasteiger partial charge in [-0.3, -0.25) is 0 Å². The molecule has 0 saturated heterocycles. The van der Waals surface area contributed by atoms with Gasteiger partial charge in [-0.05, 0) is 17.7 Å². The van der Waals surface area contributed by atoms with Gasteiger partial charge in [0.1, 0.15) is 6.54 Å². The van der Waals surface area contributed by atoms with Gasteiger partial charge in [0.15, 0.2) is 11.0 Å². The van der Waals surface area contributed by atoms with Crippen molar-refractivity contribution in [2.75, 3.05) is 0 Å². The normalized spacial score (nSPS) is 11.0. The van der Waals surface area contributed by atoms with Crippen molar-refractivity contribution in [3.05, 3.63) is 71.2 Å². The summed E-state index contributed by atoms with van der Waals surface area (Å²) < 4.78 is 3.16. The van der Waals surface area contributed by atoms with Crippen LogP contribution in [-0.2, 0) is 13.0 Å². The molecule has 0 amide bonds. The van der Waals surface area contributed by atoms with E-state index in [1.54, 1.807) is 0 Å². The zero-order valence-electron chi connectivity index (χ0n) is 10.9. The Kier molecular flexibility index (Phi) is 2.95. The standard InChI is InChI=1S/C16H16N2O/c1-2-16-17(12-13-8-4-3-5-9-13)14-10-6-7-11-15(14)18(16)19/h3-11H,2,12H2,1H3. The minimum atomic E-state index is 0.727. The van der Waals surface area contributed by atoms with Gasteiger partial charge < -0.3 is 5.21 Å². The second-order valence-corrected chi connectivity index (χ2v) is 4.62. The summed E-state index contributed by atoms with van der Waals surface area (Å²) in [7, 11) is 0. The quantitative estimate of drug-likeness (QED) is 0.521. The average molecular weight is 252 g/mol. The molecule has 0 N–H and O–H groups in total. The molecule has 0 fully saturated rings. The first-order chi connectivity index (χ1) is 9.31. The molecule has 0 radical (unpaired) electrons. The molecule has 19 heavy (non-hydrogen) atoms. The van der Waals surface area contributed by atoms with Gasteiger partial charge in [0.05, 0.1) is 0 Å². The number of hydrogen-bond donors (Lipinski definition) is 0. The van der Waals surface area contributed by atoms with Crippen LogP contribution in [0.5, 0.6) is 0 Å². The Labute approximate surface area is 112 Å². The zero-order valence-corrected chi connectivity index (χ0v) is 10.9. The fourth-order valence-electron chi connectivity index (χ4n) is 2.53. The molecule has 0 spiro atoms. The Morgan fingerprint density at radius 3 is 2.42 bits per heavy atom. The van der Waals surface area contributed by atoms with E-state index in [0.717, 1.165) is 34.6 Å². The number of aromatic nitrogens is 2. The summed E-state index contributed by atoms with van der Waals surface area (Å²) in [6, 6.07) is 18.0. The lowest BCUT2D eigenvalue weighted by atomic mass is 10.2. The maximum absolute atomic E-state index is 12.3. The van der Waals surface area contributed by atoms with Crippen LogP contribution in [0.3, 0.4) is 0 Å². The third-order valence-corrected chi connectivity index (χ3v) is 3.44. The van der Waals surface area contributed by atoms with E-state index in [9.17, 15) is 5.21 Å². The molecular formula is C16H16N2O. The number of imidazole rings is 1. The molecule has 0 bridgehead atoms. The van der Waals surface area contributed by atoms with Crippen molar-refractivity contribution >= 4 is 11.0 Å². The molecule has 0 aliphatic heterocycles. The Morgan fingerprint density at radius 1 is 1.00 bits per heavy atom. The van der Waals surface area contributed by atoms with Crippen molar-refractivity contribution in [3.63, 3.8) is 0 Å². The van der Waals surface area contributed by atoms with Gasteiger partial charge in [0.25, 0.3) is 5.82 Å². The third kappa shape index (κ3) is 1.97. The highest BCUT2D eigenvalue weighted by Crippen LogP contribution is 2.16. The highest BCUT2D eigenvalue weighted by Gasteiger charge is 2.19. The summed E-state index contributed by atoms with van der Waals surface area (Å²) in [5.41, 5.74) is 2.95. The lowest BCUT2D eigenvalue weighted by Crippen LogP contribution is -2.31. The largest absolute Gasteiger partial charge is 0.710 e. The van der Waals surface area contributed by atoms with E-state index < -0.39 is 0 Å². The van der Waals surface area contributed by atoms with Crippen LogP contribution in [0.2, 0.25) is 0 Å². The molecule has 1 heterocycles. The summed E-state index contributed by atoms with van der Waals surface area (Å²) in [5, 5.41) is 12.3. The highest BCUT2D eigenvalue weighted by molar-refractivity contribution is 5.72. The van der Waals surface area contributed by atoms with E-state index in [0.29, 0.717) is 0 Å². The first kappa shape index (κ1) is 11.8. The smallest absolute Gasteiger partial charge is 0.260 e. The second kappa shape index (κ2) is 4.76. The van der Waals surface area contributed by atoms with Crippen LogP contribution in [0.25, 0.3) is 11.0 Å². The van der Waals surface area contributed by atoms with Gasteiger partial charge in [-0.15, -0.1) is 0 Å². The average Bonchev–Trinajstić information content (AvgIpc) is 2.73. The Bertz CT molecular complexity index is 701. The van der Waals surface area contributed by atoms with E-state index >= 15 is 0 Å². The molecule has 0 aliphatic rings. The maximum Gasteiger partial charge on any atom is 0.260 e. The van der Waals surface area contributed by atoms with E-state index in [4.69, 9.17) is 0 Å². The van der Waals surface area contributed by atoms with Crippen molar-refractivity contribution in [1.29, 1.82) is 0 Å². The van der Waals surface area contributed by atoms with Crippen molar-refractivity contribution in [1.82, 2.24) is 4.57 Å². The zero-order chi connectivity index (χ0) is 13.2. The van der Waals surface area contributed by atoms with Crippen LogP contribution < -0.4 is 4.73 Å². The predicted molar refractivity (Wildman–Crippen MR) is 75.8 cm³/mol. The number of para-hydroxylation sites is 2. The molecule has 3 rings (SSSR count). The van der Waals surface area contributed by atoms with Crippen LogP contribution in [0, 0.1) is 5.21 Å². The van der Waals surface area contributed by atoms with Crippen molar-refractivity contribution < 1.29 is 4.73 Å². The summed E-state index contributed by atoms with van der Waals surface area (Å²) in [4.78, 5) is 0. The number of rotatable bonds is 3. The number of benzene rings is 2. The molecule has 3 aromatic rings. The Morgan fingerprint density at radius 2 is 1.68 bits per heavy atom. The number of nitrogens with zero attached hydrogens (tertiary/aromatic N) is 2. The van der Waals surface area contributed by atoms with Gasteiger partial charge in [0, 0.05) is 6.42 Å². The first-order valence-corrected chi connectivity index (χ1v) is 6.55. The number of hydrogen-bond acceptors (Lipinski definition) is 1. The maximum atomic E-state index is 12.3. The highest BCUT2D eigenvalue weighted by atomic mass is 16.5. The van der Waals surface area contributed by atoms with Gasteiger partial charge in [-0.25, -0.2) is 9.30 Å². The van der Waals surface area contributed by atoms with Crippen LogP contribution in [0.1, 0.15) is 18.3 Å². The first-order valence-electron chi connectivity index (χ1n) is 6.55. The molecule has 0 aliphatic carbocycles. The molecule has 0 atom stereocenters. The van der Waals surface area contributed by atoms with Crippen LogP contribution in [0.4, 0.5) is 0 Å². The van der Waals surface area contributed by atoms with E-state index in [1.165, 1.54) is 5.56 Å². The summed E-state index contributed by atoms with van der Waals surface area (Å²) in [6.07, 6.45) is 0.727. The molecule has 96 valence electrons. The molecule has 1 aromatic heterocycles. The second-order valence-electron chi connectivity index (χ2n) is 4.62. The van der Waals surface area contributed by atoms with Crippen molar-refractivity contribution in [2.24, 2.45) is 0 Å². The summed E-state index contributed by atoms with van der Waals surface area (Å²) >= 11 is 0. The molecule has 2 aromatic carbocycles. The van der Waals surface area contributed by atoms with Crippen molar-refractivity contribution in [2.45, 2.75) is 19.9 Å². The molecule has 3 heteroatoms. The Hall–Kier alpha value is -2.29. The van der Waals surface area contributed by atoms with Gasteiger partial charge >= 0.3 is 0 Å². The van der Waals surface area contributed by atoms with Gasteiger partial charge in [0.2, 0.25) is 0 Å². The van der Waals surface area contributed by atoms with Gasteiger partial charge in [-0.1, -0.05) is 49.4 Å². The topological polar surface area (TPSA) is 31.9 Å². The lowest BCUT2D eigenvalue weighted by Gasteiger charge is -2.04. The van der Waals surface area contributed by atoms with E-state index in [2.05, 4.69) is 16.7 Å². The molecule has 3 nitrogen and oxygen atoms in total. The van der Waals surface area contributed by atoms with Crippen LogP contribution in [0.15, 0.2) is 54.6 Å². The van der Waals surface area contributed by atoms with E-state index in [-0.39, 0.29) is 0 Å². The molecular weight excluding hydrogens is 236 g/mol. The lowest BCUT2D eigenvalue weighted by molar-refractivity contribution is -0.587. The SMILES string of the molecule is CCc1n(Cc2ccccc2)c2ccccc2[n+]1[O-]. The summed E-state index contributed by atoms with van der Waals surface area (Å²) in [6.45, 7) is 2.75. The number of fused-ring (bicyclic) bond motifs is 1. The predicted octanol–water partition coefficient (Wildman–Crippen LogP) is 2.89. The fraction of sp³-hybridized carbons (Fsp3) is 0.188. The minimum Gasteiger partial charge on any atom is -0.710 e. The summed E-state index contributed by atoms with van der Waals surface area (Å²) in [5.74, 6) is 0.810.